The van der Waals surface area contributed by atoms with E-state index >= 15 is 0 Å². The van der Waals surface area contributed by atoms with Crippen LogP contribution in [0.4, 0.5) is 21.7 Å². The van der Waals surface area contributed by atoms with Crippen LogP contribution in [0.3, 0.4) is 0 Å². The van der Waals surface area contributed by atoms with Gasteiger partial charge in [0.15, 0.2) is 5.82 Å². The lowest BCUT2D eigenvalue weighted by molar-refractivity contribution is -0.115. The fraction of sp³-hybridized carbons (Fsp3) is 0.286. The molecule has 2 bridgehead atoms. The molecule has 1 amide bonds. The number of nitrogens with one attached hydrogen (secondary N) is 4. The van der Waals surface area contributed by atoms with Crippen LogP contribution in [0.25, 0.3) is 10.9 Å². The zero-order chi connectivity index (χ0) is 25.9. The smallest absolute Gasteiger partial charge is 0.230 e. The van der Waals surface area contributed by atoms with Crippen LogP contribution in [-0.2, 0) is 11.2 Å². The number of hydrogen-bond donors (Lipinski definition) is 4. The van der Waals surface area contributed by atoms with Gasteiger partial charge in [0, 0.05) is 66.5 Å². The minimum absolute atomic E-state index is 0.0631. The number of H-pyrrole nitrogens is 1. The highest BCUT2D eigenvalue weighted by Crippen LogP contribution is 2.24. The molecule has 38 heavy (non-hydrogen) atoms. The van der Waals surface area contributed by atoms with Crippen molar-refractivity contribution < 1.29 is 9.18 Å². The number of nitrogens with zero attached hydrogens (tertiary/aromatic N) is 4. The molecule has 2 aliphatic heterocycles. The first kappa shape index (κ1) is 24.0. The first-order chi connectivity index (χ1) is 18.6. The maximum atomic E-state index is 13.3. The minimum atomic E-state index is -0.408. The second-order valence-corrected chi connectivity index (χ2v) is 9.63. The molecule has 0 spiro atoms. The number of amides is 1. The Morgan fingerprint density at radius 2 is 2.13 bits per heavy atom. The molecular weight excluding hydrogens is 483 g/mol. The van der Waals surface area contributed by atoms with Gasteiger partial charge in [0.25, 0.3) is 0 Å². The summed E-state index contributed by atoms with van der Waals surface area (Å²) in [6.07, 6.45) is 3.67. The lowest BCUT2D eigenvalue weighted by Gasteiger charge is -2.26. The number of carbonyl (C=O) groups is 1. The molecule has 4 heterocycles. The molecule has 2 atom stereocenters. The van der Waals surface area contributed by atoms with Crippen LogP contribution in [0, 0.1) is 17.7 Å². The van der Waals surface area contributed by atoms with Crippen molar-refractivity contribution in [1.82, 2.24) is 30.4 Å². The Kier molecular flexibility index (Phi) is 6.69. The van der Waals surface area contributed by atoms with Gasteiger partial charge in [-0.1, -0.05) is 17.9 Å². The van der Waals surface area contributed by atoms with Crippen molar-refractivity contribution in [3.63, 3.8) is 0 Å². The van der Waals surface area contributed by atoms with Gasteiger partial charge in [-0.2, -0.15) is 5.10 Å². The highest BCUT2D eigenvalue weighted by molar-refractivity contribution is 5.93. The lowest BCUT2D eigenvalue weighted by atomic mass is 10.1. The van der Waals surface area contributed by atoms with E-state index in [0.29, 0.717) is 35.1 Å². The van der Waals surface area contributed by atoms with E-state index < -0.39 is 5.82 Å². The maximum Gasteiger partial charge on any atom is 0.230 e. The van der Waals surface area contributed by atoms with Gasteiger partial charge in [-0.3, -0.25) is 14.8 Å². The Labute approximate surface area is 219 Å². The van der Waals surface area contributed by atoms with Gasteiger partial charge >= 0.3 is 0 Å². The highest BCUT2D eigenvalue weighted by Gasteiger charge is 2.36. The number of hydrogen-bond acceptors (Lipinski definition) is 7. The number of fused-ring (bicyclic) bond motifs is 3. The number of piperazine rings is 1. The van der Waals surface area contributed by atoms with Gasteiger partial charge in [-0.05, 0) is 42.8 Å². The number of benzene rings is 2. The van der Waals surface area contributed by atoms with Crippen LogP contribution in [0.15, 0.2) is 54.9 Å². The average Bonchev–Trinajstić information content (AvgIpc) is 3.65. The molecule has 9 nitrogen and oxygen atoms in total. The normalized spacial score (nSPS) is 18.3. The van der Waals surface area contributed by atoms with Gasteiger partial charge in [-0.25, -0.2) is 14.4 Å². The molecule has 6 rings (SSSR count). The van der Waals surface area contributed by atoms with Gasteiger partial charge in [0.2, 0.25) is 5.91 Å². The Morgan fingerprint density at radius 3 is 2.97 bits per heavy atom. The summed E-state index contributed by atoms with van der Waals surface area (Å²) in [5, 5.41) is 17.3. The summed E-state index contributed by atoms with van der Waals surface area (Å²) < 4.78 is 13.3. The summed E-state index contributed by atoms with van der Waals surface area (Å²) in [7, 11) is 0. The van der Waals surface area contributed by atoms with Crippen molar-refractivity contribution in [1.29, 1.82) is 0 Å². The second-order valence-electron chi connectivity index (χ2n) is 9.63. The van der Waals surface area contributed by atoms with Crippen molar-refractivity contribution in [3.8, 4) is 11.8 Å². The Morgan fingerprint density at radius 1 is 1.18 bits per heavy atom. The second kappa shape index (κ2) is 10.6. The minimum Gasteiger partial charge on any atom is -0.326 e. The molecule has 10 heteroatoms. The van der Waals surface area contributed by atoms with E-state index in [4.69, 9.17) is 0 Å². The summed E-state index contributed by atoms with van der Waals surface area (Å²) in [4.78, 5) is 23.6. The summed E-state index contributed by atoms with van der Waals surface area (Å²) in [6, 6.07) is 14.7. The molecule has 0 unspecified atom stereocenters. The van der Waals surface area contributed by atoms with E-state index in [2.05, 4.69) is 52.9 Å². The molecule has 2 fully saturated rings. The molecule has 0 saturated carbocycles. The molecule has 4 aromatic rings. The third-order valence-corrected chi connectivity index (χ3v) is 6.90. The predicted molar refractivity (Wildman–Crippen MR) is 143 cm³/mol. The third kappa shape index (κ3) is 5.49. The standard InChI is InChI=1S/C28H27FN8O/c29-19-5-3-6-20(11-19)33-27(38)14-21-13-26(36-35-21)34-28-24-8-7-18(10-25(24)31-17-32-28)4-1-2-9-37-16-22-12-23(37)15-30-22/h3,5-8,10-11,13,17,22-23,30H,2,9,12,14-16H2,(H,33,38)(H2,31,32,34,35,36)/t22-,23-/m0/s1. The lowest BCUT2D eigenvalue weighted by Crippen LogP contribution is -2.43. The number of aromatic nitrogens is 4. The Hall–Kier alpha value is -4.33. The first-order valence-electron chi connectivity index (χ1n) is 12.7. The Bertz CT molecular complexity index is 1540. The predicted octanol–water partition coefficient (Wildman–Crippen LogP) is 3.20. The summed E-state index contributed by atoms with van der Waals surface area (Å²) in [6.45, 7) is 3.25. The van der Waals surface area contributed by atoms with Gasteiger partial charge < -0.3 is 16.0 Å². The van der Waals surface area contributed by atoms with Crippen LogP contribution >= 0.6 is 0 Å². The number of rotatable bonds is 7. The molecule has 2 saturated heterocycles. The zero-order valence-corrected chi connectivity index (χ0v) is 20.7. The molecule has 4 N–H and O–H groups in total. The van der Waals surface area contributed by atoms with Gasteiger partial charge in [0.05, 0.1) is 11.9 Å². The number of anilines is 3. The SMILES string of the molecule is O=C(Cc1cc(Nc2ncnc3cc(C#CCCN4C[C@@H]5C[C@H]4CN5)ccc23)n[nH]1)Nc1cccc(F)c1. The van der Waals surface area contributed by atoms with E-state index in [1.807, 2.05) is 18.2 Å². The van der Waals surface area contributed by atoms with Crippen molar-refractivity contribution in [2.75, 3.05) is 30.3 Å². The molecule has 0 aliphatic carbocycles. The van der Waals surface area contributed by atoms with Crippen LogP contribution < -0.4 is 16.0 Å². The summed E-state index contributed by atoms with van der Waals surface area (Å²) >= 11 is 0. The fourth-order valence-corrected chi connectivity index (χ4v) is 5.10. The van der Waals surface area contributed by atoms with Crippen molar-refractivity contribution in [2.24, 2.45) is 0 Å². The van der Waals surface area contributed by atoms with Gasteiger partial charge in [-0.15, -0.1) is 0 Å². The topological polar surface area (TPSA) is 111 Å². The molecule has 192 valence electrons. The number of aromatic amines is 1. The average molecular weight is 511 g/mol. The monoisotopic (exact) mass is 510 g/mol. The molecule has 2 aliphatic rings. The van der Waals surface area contributed by atoms with Gasteiger partial charge in [0.1, 0.15) is 18.0 Å². The van der Waals surface area contributed by atoms with Crippen molar-refractivity contribution >= 4 is 34.1 Å². The summed E-state index contributed by atoms with van der Waals surface area (Å²) in [5.74, 6) is 7.01. The van der Waals surface area contributed by atoms with E-state index in [1.165, 1.54) is 24.9 Å². The van der Waals surface area contributed by atoms with Crippen molar-refractivity contribution in [2.45, 2.75) is 31.3 Å². The van der Waals surface area contributed by atoms with Crippen molar-refractivity contribution in [3.05, 3.63) is 71.9 Å². The van der Waals surface area contributed by atoms with Crippen LogP contribution in [-0.4, -0.2) is 62.7 Å². The van der Waals surface area contributed by atoms with E-state index in [0.717, 1.165) is 42.5 Å². The molecule has 0 radical (unpaired) electrons. The zero-order valence-electron chi connectivity index (χ0n) is 20.7. The van der Waals surface area contributed by atoms with E-state index in [1.54, 1.807) is 18.2 Å². The van der Waals surface area contributed by atoms with E-state index in [-0.39, 0.29) is 12.3 Å². The number of likely N-dealkylation sites (tertiary alicyclic amines) is 1. The quantitative estimate of drug-likeness (QED) is 0.283. The third-order valence-electron chi connectivity index (χ3n) is 6.90. The van der Waals surface area contributed by atoms with E-state index in [9.17, 15) is 9.18 Å². The maximum absolute atomic E-state index is 13.3. The van der Waals surface area contributed by atoms with Crippen LogP contribution in [0.1, 0.15) is 24.1 Å². The van der Waals surface area contributed by atoms with Crippen LogP contribution in [0.2, 0.25) is 0 Å². The molecular formula is C28H27FN8O. The molecule has 2 aromatic carbocycles. The number of carbonyl (C=O) groups excluding carboxylic acids is 1. The highest BCUT2D eigenvalue weighted by atomic mass is 19.1. The van der Waals surface area contributed by atoms with Crippen LogP contribution in [0.5, 0.6) is 0 Å². The summed E-state index contributed by atoms with van der Waals surface area (Å²) in [5.41, 5.74) is 2.70. The first-order valence-corrected chi connectivity index (χ1v) is 12.7. The Balaban J connectivity index is 1.07. The number of halogens is 1. The molecule has 2 aromatic heterocycles. The largest absolute Gasteiger partial charge is 0.326 e. The fourth-order valence-electron chi connectivity index (χ4n) is 5.10.